The summed E-state index contributed by atoms with van der Waals surface area (Å²) in [5.41, 5.74) is -0.777. The third kappa shape index (κ3) is 2.84. The lowest BCUT2D eigenvalue weighted by atomic mass is 9.91. The van der Waals surface area contributed by atoms with Crippen LogP contribution in [0.1, 0.15) is 19.8 Å². The van der Waals surface area contributed by atoms with Crippen LogP contribution < -0.4 is 0 Å². The van der Waals surface area contributed by atoms with E-state index in [0.29, 0.717) is 26.1 Å². The molecular formula is C11H20N2O4S. The lowest BCUT2D eigenvalue weighted by Crippen LogP contribution is -2.63. The molecule has 2 rings (SSSR count). The van der Waals surface area contributed by atoms with Crippen LogP contribution in [0, 0.1) is 5.92 Å². The second kappa shape index (κ2) is 4.47. The highest BCUT2D eigenvalue weighted by molar-refractivity contribution is 7.88. The van der Waals surface area contributed by atoms with Crippen LogP contribution >= 0.6 is 0 Å². The number of β-amino-alcohol motifs (C(OH)–C–C–N with tert-alkyl or cyclic N) is 1. The summed E-state index contributed by atoms with van der Waals surface area (Å²) in [6.07, 6.45) is 2.62. The molecule has 1 atom stereocenters. The number of hydrogen-bond acceptors (Lipinski definition) is 4. The summed E-state index contributed by atoms with van der Waals surface area (Å²) in [5, 5.41) is 9.61. The van der Waals surface area contributed by atoms with Crippen LogP contribution in [0.3, 0.4) is 0 Å². The Balaban J connectivity index is 1.96. The van der Waals surface area contributed by atoms with Gasteiger partial charge in [-0.2, -0.15) is 0 Å². The fourth-order valence-corrected chi connectivity index (χ4v) is 3.55. The van der Waals surface area contributed by atoms with Gasteiger partial charge in [0.2, 0.25) is 15.9 Å². The number of rotatable bonds is 2. The molecule has 0 bridgehead atoms. The minimum atomic E-state index is -3.22. The highest BCUT2D eigenvalue weighted by atomic mass is 32.2. The molecule has 2 aliphatic rings. The Hall–Kier alpha value is -0.660. The van der Waals surface area contributed by atoms with Crippen molar-refractivity contribution in [3.63, 3.8) is 0 Å². The predicted molar refractivity (Wildman–Crippen MR) is 66.3 cm³/mol. The molecule has 0 aromatic rings. The van der Waals surface area contributed by atoms with E-state index in [1.807, 2.05) is 0 Å². The fourth-order valence-electron chi connectivity index (χ4n) is 2.64. The van der Waals surface area contributed by atoms with Crippen LogP contribution in [0.4, 0.5) is 0 Å². The van der Waals surface area contributed by atoms with Crippen LogP contribution in [0.5, 0.6) is 0 Å². The monoisotopic (exact) mass is 276 g/mol. The number of hydrogen-bond donors (Lipinski definition) is 1. The molecule has 0 spiro atoms. The molecule has 2 saturated heterocycles. The molecule has 1 unspecified atom stereocenters. The van der Waals surface area contributed by atoms with E-state index < -0.39 is 15.6 Å². The van der Waals surface area contributed by atoms with Crippen LogP contribution in [0.15, 0.2) is 0 Å². The first kappa shape index (κ1) is 13.8. The van der Waals surface area contributed by atoms with Crippen LogP contribution in [-0.2, 0) is 14.8 Å². The van der Waals surface area contributed by atoms with E-state index in [1.165, 1.54) is 10.6 Å². The molecule has 18 heavy (non-hydrogen) atoms. The van der Waals surface area contributed by atoms with Crippen LogP contribution in [-0.4, -0.2) is 66.7 Å². The molecule has 0 aromatic heterocycles. The second-order valence-electron chi connectivity index (χ2n) is 5.65. The Morgan fingerprint density at radius 3 is 2.50 bits per heavy atom. The fraction of sp³-hybridized carbons (Fsp3) is 0.909. The average Bonchev–Trinajstić information content (AvgIpc) is 2.24. The van der Waals surface area contributed by atoms with Crippen molar-refractivity contribution in [2.24, 2.45) is 5.92 Å². The van der Waals surface area contributed by atoms with E-state index in [-0.39, 0.29) is 18.4 Å². The number of piperidine rings is 1. The van der Waals surface area contributed by atoms with Crippen molar-refractivity contribution >= 4 is 15.9 Å². The predicted octanol–water partition coefficient (Wildman–Crippen LogP) is -0.749. The molecule has 0 saturated carbocycles. The minimum absolute atomic E-state index is 0.0325. The zero-order chi connectivity index (χ0) is 13.6. The number of carbonyl (C=O) groups is 1. The summed E-state index contributed by atoms with van der Waals surface area (Å²) < 4.78 is 24.3. The molecule has 2 aliphatic heterocycles. The van der Waals surface area contributed by atoms with Gasteiger partial charge in [-0.3, -0.25) is 4.79 Å². The van der Waals surface area contributed by atoms with Crippen LogP contribution in [0.2, 0.25) is 0 Å². The van der Waals surface area contributed by atoms with E-state index in [4.69, 9.17) is 0 Å². The van der Waals surface area contributed by atoms with Gasteiger partial charge in [0.05, 0.1) is 30.9 Å². The molecule has 0 aromatic carbocycles. The number of nitrogens with zero attached hydrogens (tertiary/aromatic N) is 2. The summed E-state index contributed by atoms with van der Waals surface area (Å²) in [5.74, 6) is -0.292. The largest absolute Gasteiger partial charge is 0.386 e. The first-order chi connectivity index (χ1) is 8.19. The Bertz CT molecular complexity index is 438. The average molecular weight is 276 g/mol. The maximum atomic E-state index is 12.1. The van der Waals surface area contributed by atoms with Gasteiger partial charge in [0.1, 0.15) is 0 Å². The number of aliphatic hydroxyl groups is 1. The van der Waals surface area contributed by atoms with E-state index in [2.05, 4.69) is 0 Å². The third-order valence-electron chi connectivity index (χ3n) is 3.58. The molecule has 2 heterocycles. The molecular weight excluding hydrogens is 256 g/mol. The van der Waals surface area contributed by atoms with Gasteiger partial charge >= 0.3 is 0 Å². The zero-order valence-electron chi connectivity index (χ0n) is 10.8. The van der Waals surface area contributed by atoms with Gasteiger partial charge in [0.15, 0.2) is 0 Å². The summed E-state index contributed by atoms with van der Waals surface area (Å²) in [6, 6.07) is 0. The van der Waals surface area contributed by atoms with Crippen molar-refractivity contribution < 1.29 is 18.3 Å². The Morgan fingerprint density at radius 1 is 1.39 bits per heavy atom. The van der Waals surface area contributed by atoms with Gasteiger partial charge in [0.25, 0.3) is 0 Å². The van der Waals surface area contributed by atoms with Crippen LogP contribution in [0.25, 0.3) is 0 Å². The van der Waals surface area contributed by atoms with Gasteiger partial charge in [-0.05, 0) is 19.8 Å². The SMILES string of the molecule is CC1(O)CN(C(=O)C2CCCN(S(C)(=O)=O)C2)C1. The molecule has 1 N–H and O–H groups in total. The van der Waals surface area contributed by atoms with Gasteiger partial charge in [0, 0.05) is 13.1 Å². The lowest BCUT2D eigenvalue weighted by molar-refractivity contribution is -0.157. The maximum Gasteiger partial charge on any atom is 0.227 e. The lowest BCUT2D eigenvalue weighted by Gasteiger charge is -2.46. The van der Waals surface area contributed by atoms with Crippen molar-refractivity contribution in [2.45, 2.75) is 25.4 Å². The zero-order valence-corrected chi connectivity index (χ0v) is 11.6. The third-order valence-corrected chi connectivity index (χ3v) is 4.85. The van der Waals surface area contributed by atoms with E-state index in [0.717, 1.165) is 6.42 Å². The Morgan fingerprint density at radius 2 is 2.00 bits per heavy atom. The van der Waals surface area contributed by atoms with Gasteiger partial charge < -0.3 is 10.0 Å². The van der Waals surface area contributed by atoms with Crippen molar-refractivity contribution in [1.82, 2.24) is 9.21 Å². The number of amides is 1. The summed E-state index contributed by atoms with van der Waals surface area (Å²) >= 11 is 0. The van der Waals surface area contributed by atoms with Crippen molar-refractivity contribution in [1.29, 1.82) is 0 Å². The molecule has 0 aliphatic carbocycles. The van der Waals surface area contributed by atoms with Crippen molar-refractivity contribution in [3.8, 4) is 0 Å². The molecule has 104 valence electrons. The van der Waals surface area contributed by atoms with Gasteiger partial charge in [-0.15, -0.1) is 0 Å². The minimum Gasteiger partial charge on any atom is -0.386 e. The van der Waals surface area contributed by atoms with Gasteiger partial charge in [-0.1, -0.05) is 0 Å². The first-order valence-electron chi connectivity index (χ1n) is 6.15. The van der Waals surface area contributed by atoms with E-state index in [9.17, 15) is 18.3 Å². The normalized spacial score (nSPS) is 28.8. The van der Waals surface area contributed by atoms with Crippen molar-refractivity contribution in [2.75, 3.05) is 32.4 Å². The smallest absolute Gasteiger partial charge is 0.227 e. The second-order valence-corrected chi connectivity index (χ2v) is 7.63. The first-order valence-corrected chi connectivity index (χ1v) is 8.00. The summed E-state index contributed by atoms with van der Waals surface area (Å²) in [7, 11) is -3.22. The molecule has 6 nitrogen and oxygen atoms in total. The molecule has 0 radical (unpaired) electrons. The maximum absolute atomic E-state index is 12.1. The molecule has 7 heteroatoms. The topological polar surface area (TPSA) is 77.9 Å². The Kier molecular flexibility index (Phi) is 3.42. The summed E-state index contributed by atoms with van der Waals surface area (Å²) in [4.78, 5) is 13.7. The van der Waals surface area contributed by atoms with E-state index >= 15 is 0 Å². The number of sulfonamides is 1. The molecule has 1 amide bonds. The molecule has 2 fully saturated rings. The Labute approximate surface area is 108 Å². The highest BCUT2D eigenvalue weighted by Gasteiger charge is 2.42. The number of carbonyl (C=O) groups excluding carboxylic acids is 1. The highest BCUT2D eigenvalue weighted by Crippen LogP contribution is 2.26. The summed E-state index contributed by atoms with van der Waals surface area (Å²) in [6.45, 7) is 3.17. The standard InChI is InChI=1S/C11H20N2O4S/c1-11(15)7-12(8-11)10(14)9-4-3-5-13(6-9)18(2,16)17/h9,15H,3-8H2,1-2H3. The quantitative estimate of drug-likeness (QED) is 0.720. The van der Waals surface area contributed by atoms with Gasteiger partial charge in [-0.25, -0.2) is 12.7 Å². The van der Waals surface area contributed by atoms with Crippen molar-refractivity contribution in [3.05, 3.63) is 0 Å². The van der Waals surface area contributed by atoms with E-state index in [1.54, 1.807) is 11.8 Å². The number of likely N-dealkylation sites (tertiary alicyclic amines) is 1.